The Balaban J connectivity index is 1.83. The van der Waals surface area contributed by atoms with Gasteiger partial charge < -0.3 is 30.0 Å². The number of benzene rings is 2. The number of hydrogen-bond donors (Lipinski definition) is 4. The summed E-state index contributed by atoms with van der Waals surface area (Å²) < 4.78 is 5.59. The van der Waals surface area contributed by atoms with Crippen molar-refractivity contribution in [3.8, 4) is 5.75 Å². The molecule has 2 aromatic carbocycles. The van der Waals surface area contributed by atoms with Gasteiger partial charge in [0.2, 0.25) is 0 Å². The van der Waals surface area contributed by atoms with Crippen LogP contribution in [0.15, 0.2) is 65.8 Å². The first-order chi connectivity index (χ1) is 13.1. The van der Waals surface area contributed by atoms with Crippen LogP contribution in [0.1, 0.15) is 12.0 Å². The van der Waals surface area contributed by atoms with Gasteiger partial charge in [-0.2, -0.15) is 0 Å². The zero-order chi connectivity index (χ0) is 19.2. The third-order valence-corrected chi connectivity index (χ3v) is 4.50. The Bertz CT molecular complexity index is 737. The molecule has 0 saturated carbocycles. The zero-order valence-corrected chi connectivity index (χ0v) is 14.6. The fourth-order valence-electron chi connectivity index (χ4n) is 2.97. The van der Waals surface area contributed by atoms with E-state index in [1.807, 2.05) is 48.5 Å². The second-order valence-electron chi connectivity index (χ2n) is 6.38. The summed E-state index contributed by atoms with van der Waals surface area (Å²) in [4.78, 5) is 5.49. The van der Waals surface area contributed by atoms with Gasteiger partial charge in [0.1, 0.15) is 24.4 Å². The maximum Gasteiger partial charge on any atom is 0.157 e. The number of rotatable bonds is 6. The number of oxime groups is 1. The molecule has 2 aromatic rings. The minimum absolute atomic E-state index is 0.123. The van der Waals surface area contributed by atoms with Crippen LogP contribution in [0.4, 0.5) is 0 Å². The smallest absolute Gasteiger partial charge is 0.157 e. The van der Waals surface area contributed by atoms with Crippen LogP contribution in [0.2, 0.25) is 0 Å². The summed E-state index contributed by atoms with van der Waals surface area (Å²) in [6.07, 6.45) is -5.84. The Kier molecular flexibility index (Phi) is 6.54. The molecule has 1 heterocycles. The number of aliphatic hydroxyl groups is 4. The van der Waals surface area contributed by atoms with E-state index in [-0.39, 0.29) is 6.42 Å². The Morgan fingerprint density at radius 3 is 2.07 bits per heavy atom. The average molecular weight is 373 g/mol. The van der Waals surface area contributed by atoms with E-state index < -0.39 is 37.1 Å². The molecule has 5 atom stereocenters. The molecule has 4 N–H and O–H groups in total. The first-order valence-electron chi connectivity index (χ1n) is 8.75. The van der Waals surface area contributed by atoms with Crippen LogP contribution < -0.4 is 4.84 Å². The lowest BCUT2D eigenvalue weighted by atomic mass is 9.91. The maximum atomic E-state index is 10.3. The first-order valence-corrected chi connectivity index (χ1v) is 8.75. The highest BCUT2D eigenvalue weighted by molar-refractivity contribution is 6.00. The lowest BCUT2D eigenvalue weighted by Gasteiger charge is -2.40. The molecule has 144 valence electrons. The Hall–Kier alpha value is -2.29. The van der Waals surface area contributed by atoms with Crippen molar-refractivity contribution in [1.82, 2.24) is 0 Å². The van der Waals surface area contributed by atoms with E-state index in [0.29, 0.717) is 11.5 Å². The predicted octanol–water partition coefficient (Wildman–Crippen LogP) is 0.702. The van der Waals surface area contributed by atoms with E-state index in [1.165, 1.54) is 0 Å². The second-order valence-corrected chi connectivity index (χ2v) is 6.38. The highest BCUT2D eigenvalue weighted by Crippen LogP contribution is 2.25. The minimum atomic E-state index is -1.42. The minimum Gasteiger partial charge on any atom is -0.394 e. The van der Waals surface area contributed by atoms with E-state index >= 15 is 0 Å². The van der Waals surface area contributed by atoms with Crippen LogP contribution in [0.25, 0.3) is 0 Å². The second kappa shape index (κ2) is 9.07. The van der Waals surface area contributed by atoms with Gasteiger partial charge in [-0.15, -0.1) is 0 Å². The largest absolute Gasteiger partial charge is 0.394 e. The van der Waals surface area contributed by atoms with Gasteiger partial charge in [0.25, 0.3) is 0 Å². The van der Waals surface area contributed by atoms with Gasteiger partial charge in [-0.25, -0.2) is 0 Å². The van der Waals surface area contributed by atoms with Crippen molar-refractivity contribution in [1.29, 1.82) is 0 Å². The highest BCUT2D eigenvalue weighted by Gasteiger charge is 2.43. The summed E-state index contributed by atoms with van der Waals surface area (Å²) in [6.45, 7) is -0.472. The predicted molar refractivity (Wildman–Crippen MR) is 98.4 cm³/mol. The van der Waals surface area contributed by atoms with Crippen LogP contribution in [-0.2, 0) is 4.74 Å². The van der Waals surface area contributed by atoms with Gasteiger partial charge in [-0.1, -0.05) is 53.7 Å². The highest BCUT2D eigenvalue weighted by atomic mass is 16.6. The van der Waals surface area contributed by atoms with Gasteiger partial charge in [-0.3, -0.25) is 0 Å². The Labute approximate surface area is 157 Å². The molecule has 7 nitrogen and oxygen atoms in total. The lowest BCUT2D eigenvalue weighted by Crippen LogP contribution is -2.58. The van der Waals surface area contributed by atoms with Gasteiger partial charge in [0.05, 0.1) is 18.4 Å². The molecular formula is C20H23NO6. The number of para-hydroxylation sites is 1. The summed E-state index contributed by atoms with van der Waals surface area (Å²) in [5.74, 6) is 0.555. The van der Waals surface area contributed by atoms with Crippen molar-refractivity contribution in [2.45, 2.75) is 36.9 Å². The van der Waals surface area contributed by atoms with E-state index in [0.717, 1.165) is 5.56 Å². The molecule has 0 aliphatic carbocycles. The van der Waals surface area contributed by atoms with Gasteiger partial charge in [-0.05, 0) is 17.7 Å². The van der Waals surface area contributed by atoms with E-state index in [2.05, 4.69) is 5.16 Å². The molecule has 1 aliphatic heterocycles. The van der Waals surface area contributed by atoms with Crippen LogP contribution in [-0.4, -0.2) is 63.3 Å². The standard InChI is InChI=1S/C20H23NO6/c22-12-17-19(24)20(25)18(23)16(26-17)11-15(13-7-3-1-4-8-13)21-27-14-9-5-2-6-10-14/h1-10,16-20,22-25H,11-12H2/b21-15-/t16-,17+,18-,19+,20+/m0/s1. The molecule has 0 spiro atoms. The van der Waals surface area contributed by atoms with Crippen molar-refractivity contribution in [3.63, 3.8) is 0 Å². The number of hydrogen-bond acceptors (Lipinski definition) is 7. The molecule has 0 bridgehead atoms. The van der Waals surface area contributed by atoms with Gasteiger partial charge in [0, 0.05) is 6.42 Å². The fraction of sp³-hybridized carbons (Fsp3) is 0.350. The Morgan fingerprint density at radius 2 is 1.44 bits per heavy atom. The quantitative estimate of drug-likeness (QED) is 0.438. The monoisotopic (exact) mass is 373 g/mol. The molecule has 0 aromatic heterocycles. The van der Waals surface area contributed by atoms with E-state index in [1.54, 1.807) is 12.1 Å². The molecular weight excluding hydrogens is 350 g/mol. The maximum absolute atomic E-state index is 10.3. The topological polar surface area (TPSA) is 112 Å². The van der Waals surface area contributed by atoms with Crippen molar-refractivity contribution in [2.75, 3.05) is 6.61 Å². The molecule has 27 heavy (non-hydrogen) atoms. The summed E-state index contributed by atoms with van der Waals surface area (Å²) in [5, 5.41) is 43.8. The molecule has 3 rings (SSSR count). The van der Waals surface area contributed by atoms with Crippen molar-refractivity contribution < 1.29 is 30.0 Å². The summed E-state index contributed by atoms with van der Waals surface area (Å²) in [7, 11) is 0. The molecule has 0 radical (unpaired) electrons. The summed E-state index contributed by atoms with van der Waals surface area (Å²) in [6, 6.07) is 18.3. The van der Waals surface area contributed by atoms with Crippen LogP contribution in [0.5, 0.6) is 5.75 Å². The van der Waals surface area contributed by atoms with Crippen molar-refractivity contribution >= 4 is 5.71 Å². The third kappa shape index (κ3) is 4.71. The van der Waals surface area contributed by atoms with E-state index in [4.69, 9.17) is 9.57 Å². The van der Waals surface area contributed by atoms with Gasteiger partial charge in [0.15, 0.2) is 5.75 Å². The molecule has 0 unspecified atom stereocenters. The third-order valence-electron chi connectivity index (χ3n) is 4.50. The Morgan fingerprint density at radius 1 is 0.852 bits per heavy atom. The lowest BCUT2D eigenvalue weighted by molar-refractivity contribution is -0.227. The van der Waals surface area contributed by atoms with Crippen molar-refractivity contribution in [2.24, 2.45) is 5.16 Å². The van der Waals surface area contributed by atoms with Crippen LogP contribution in [0, 0.1) is 0 Å². The number of aliphatic hydroxyl groups excluding tert-OH is 4. The fourth-order valence-corrected chi connectivity index (χ4v) is 2.97. The average Bonchev–Trinajstić information content (AvgIpc) is 2.72. The van der Waals surface area contributed by atoms with Crippen molar-refractivity contribution in [3.05, 3.63) is 66.2 Å². The van der Waals surface area contributed by atoms with Crippen LogP contribution >= 0.6 is 0 Å². The molecule has 1 saturated heterocycles. The number of ether oxygens (including phenoxy) is 1. The SMILES string of the molecule is OC[C@H]1O[C@@H](C/C(=N/Oc2ccccc2)c2ccccc2)[C@H](O)[C@@H](O)[C@@H]1O. The molecule has 1 aliphatic rings. The molecule has 7 heteroatoms. The molecule has 0 amide bonds. The zero-order valence-electron chi connectivity index (χ0n) is 14.6. The van der Waals surface area contributed by atoms with E-state index in [9.17, 15) is 20.4 Å². The van der Waals surface area contributed by atoms with Crippen LogP contribution in [0.3, 0.4) is 0 Å². The van der Waals surface area contributed by atoms with Gasteiger partial charge >= 0.3 is 0 Å². The molecule has 1 fully saturated rings. The number of nitrogens with zero attached hydrogens (tertiary/aromatic N) is 1. The first kappa shape index (κ1) is 19.5. The normalized spacial score (nSPS) is 28.7. The summed E-state index contributed by atoms with van der Waals surface area (Å²) in [5.41, 5.74) is 1.27. The summed E-state index contributed by atoms with van der Waals surface area (Å²) >= 11 is 0.